The lowest BCUT2D eigenvalue weighted by atomic mass is 10.1. The molecule has 0 saturated heterocycles. The van der Waals surface area contributed by atoms with E-state index in [-0.39, 0.29) is 12.4 Å². The van der Waals surface area contributed by atoms with E-state index in [1.807, 2.05) is 6.20 Å². The van der Waals surface area contributed by atoms with Gasteiger partial charge in [0, 0.05) is 36.1 Å². The number of thiazole rings is 1. The van der Waals surface area contributed by atoms with Gasteiger partial charge in [-0.25, -0.2) is 9.37 Å². The van der Waals surface area contributed by atoms with Crippen molar-refractivity contribution in [1.29, 1.82) is 0 Å². The molecule has 114 valence electrons. The van der Waals surface area contributed by atoms with Gasteiger partial charge in [0.15, 0.2) is 0 Å². The van der Waals surface area contributed by atoms with Gasteiger partial charge in [-0.15, -0.1) is 11.3 Å². The van der Waals surface area contributed by atoms with E-state index in [0.717, 1.165) is 18.5 Å². The first-order valence-electron chi connectivity index (χ1n) is 7.11. The largest absolute Gasteiger partial charge is 0.392 e. The van der Waals surface area contributed by atoms with Crippen molar-refractivity contribution in [2.24, 2.45) is 5.92 Å². The van der Waals surface area contributed by atoms with Gasteiger partial charge in [-0.1, -0.05) is 19.9 Å². The number of nitrogens with one attached hydrogen (secondary N) is 1. The molecule has 2 aromatic rings. The Labute approximate surface area is 128 Å². The third-order valence-corrected chi connectivity index (χ3v) is 4.11. The van der Waals surface area contributed by atoms with Gasteiger partial charge < -0.3 is 10.4 Å². The molecule has 0 aliphatic heterocycles. The van der Waals surface area contributed by atoms with Crippen LogP contribution in [0.2, 0.25) is 0 Å². The summed E-state index contributed by atoms with van der Waals surface area (Å²) in [6, 6.07) is 4.83. The van der Waals surface area contributed by atoms with Crippen LogP contribution in [0.5, 0.6) is 0 Å². The van der Waals surface area contributed by atoms with Crippen molar-refractivity contribution in [2.75, 3.05) is 0 Å². The Kier molecular flexibility index (Phi) is 5.85. The summed E-state index contributed by atoms with van der Waals surface area (Å²) in [7, 11) is 0. The molecule has 21 heavy (non-hydrogen) atoms. The molecule has 0 fully saturated rings. The summed E-state index contributed by atoms with van der Waals surface area (Å²) in [5, 5.41) is 13.5. The number of rotatable bonds is 7. The van der Waals surface area contributed by atoms with Gasteiger partial charge in [-0.05, 0) is 23.6 Å². The van der Waals surface area contributed by atoms with Crippen LogP contribution in [0.15, 0.2) is 24.4 Å². The summed E-state index contributed by atoms with van der Waals surface area (Å²) in [5.41, 5.74) is 1.30. The standard InChI is InChI=1S/C16H21FN2OS/c1-11(2)5-16-19-9-14(21-16)8-18-7-12-3-4-15(17)13(6-12)10-20/h3-4,6,9,11,18,20H,5,7-8,10H2,1-2H3. The molecule has 0 bridgehead atoms. The van der Waals surface area contributed by atoms with Crippen LogP contribution in [0.1, 0.15) is 34.9 Å². The van der Waals surface area contributed by atoms with E-state index < -0.39 is 0 Å². The molecule has 2 N–H and O–H groups in total. The first kappa shape index (κ1) is 16.1. The lowest BCUT2D eigenvalue weighted by Gasteiger charge is -2.06. The normalized spacial score (nSPS) is 11.3. The molecular weight excluding hydrogens is 287 g/mol. The minimum Gasteiger partial charge on any atom is -0.392 e. The fourth-order valence-corrected chi connectivity index (χ4v) is 3.17. The van der Waals surface area contributed by atoms with Crippen molar-refractivity contribution in [3.63, 3.8) is 0 Å². The van der Waals surface area contributed by atoms with E-state index in [9.17, 15) is 4.39 Å². The van der Waals surface area contributed by atoms with Gasteiger partial charge >= 0.3 is 0 Å². The van der Waals surface area contributed by atoms with Crippen LogP contribution in [0.4, 0.5) is 4.39 Å². The third kappa shape index (κ3) is 4.88. The number of nitrogens with zero attached hydrogens (tertiary/aromatic N) is 1. The molecule has 1 heterocycles. The van der Waals surface area contributed by atoms with E-state index in [4.69, 9.17) is 5.11 Å². The number of hydrogen-bond donors (Lipinski definition) is 2. The first-order chi connectivity index (χ1) is 10.1. The van der Waals surface area contributed by atoms with Crippen molar-refractivity contribution < 1.29 is 9.50 Å². The highest BCUT2D eigenvalue weighted by atomic mass is 32.1. The highest BCUT2D eigenvalue weighted by molar-refractivity contribution is 7.11. The van der Waals surface area contributed by atoms with E-state index >= 15 is 0 Å². The van der Waals surface area contributed by atoms with Crippen LogP contribution in [0.25, 0.3) is 0 Å². The molecule has 0 unspecified atom stereocenters. The number of benzene rings is 1. The molecular formula is C16H21FN2OS. The molecule has 0 amide bonds. The Hall–Kier alpha value is -1.30. The van der Waals surface area contributed by atoms with Crippen molar-refractivity contribution in [3.8, 4) is 0 Å². The summed E-state index contributed by atoms with van der Waals surface area (Å²) in [6.07, 6.45) is 2.93. The monoisotopic (exact) mass is 308 g/mol. The van der Waals surface area contributed by atoms with Crippen LogP contribution in [0.3, 0.4) is 0 Å². The molecule has 3 nitrogen and oxygen atoms in total. The fourth-order valence-electron chi connectivity index (χ4n) is 2.06. The average Bonchev–Trinajstić information content (AvgIpc) is 2.87. The van der Waals surface area contributed by atoms with Crippen molar-refractivity contribution in [3.05, 3.63) is 51.2 Å². The van der Waals surface area contributed by atoms with Crippen molar-refractivity contribution in [1.82, 2.24) is 10.3 Å². The summed E-state index contributed by atoms with van der Waals surface area (Å²) < 4.78 is 13.3. The number of aliphatic hydroxyl groups excluding tert-OH is 1. The van der Waals surface area contributed by atoms with Crippen molar-refractivity contribution in [2.45, 2.75) is 40.0 Å². The van der Waals surface area contributed by atoms with Crippen LogP contribution < -0.4 is 5.32 Å². The highest BCUT2D eigenvalue weighted by Crippen LogP contribution is 2.16. The van der Waals surface area contributed by atoms with Gasteiger partial charge in [0.1, 0.15) is 5.82 Å². The second kappa shape index (κ2) is 7.64. The van der Waals surface area contributed by atoms with Crippen molar-refractivity contribution >= 4 is 11.3 Å². The molecule has 5 heteroatoms. The van der Waals surface area contributed by atoms with E-state index in [2.05, 4.69) is 24.1 Å². The third-order valence-electron chi connectivity index (χ3n) is 3.09. The molecule has 0 spiro atoms. The minimum atomic E-state index is -0.359. The lowest BCUT2D eigenvalue weighted by Crippen LogP contribution is -2.12. The molecule has 1 aromatic heterocycles. The minimum absolute atomic E-state index is 0.271. The zero-order chi connectivity index (χ0) is 15.2. The van der Waals surface area contributed by atoms with Crippen LogP contribution in [-0.4, -0.2) is 10.1 Å². The van der Waals surface area contributed by atoms with E-state index in [0.29, 0.717) is 18.0 Å². The Morgan fingerprint density at radius 3 is 2.86 bits per heavy atom. The molecule has 0 atom stereocenters. The zero-order valence-corrected chi connectivity index (χ0v) is 13.2. The average molecular weight is 308 g/mol. The number of aromatic nitrogens is 1. The molecule has 0 radical (unpaired) electrons. The van der Waals surface area contributed by atoms with Crippen LogP contribution >= 0.6 is 11.3 Å². The second-order valence-corrected chi connectivity index (χ2v) is 6.71. The number of aliphatic hydroxyl groups is 1. The Morgan fingerprint density at radius 2 is 2.14 bits per heavy atom. The summed E-state index contributed by atoms with van der Waals surface area (Å²) >= 11 is 1.73. The van der Waals surface area contributed by atoms with E-state index in [1.165, 1.54) is 16.0 Å². The maximum Gasteiger partial charge on any atom is 0.128 e. The predicted octanol–water partition coefficient (Wildman–Crippen LogP) is 3.26. The van der Waals surface area contributed by atoms with Gasteiger partial charge in [0.05, 0.1) is 11.6 Å². The van der Waals surface area contributed by atoms with Crippen LogP contribution in [-0.2, 0) is 26.1 Å². The quantitative estimate of drug-likeness (QED) is 0.825. The fraction of sp³-hybridized carbons (Fsp3) is 0.438. The Bertz CT molecular complexity index is 583. The number of halogens is 1. The Morgan fingerprint density at radius 1 is 1.33 bits per heavy atom. The predicted molar refractivity (Wildman–Crippen MR) is 83.5 cm³/mol. The lowest BCUT2D eigenvalue weighted by molar-refractivity contribution is 0.275. The molecule has 2 rings (SSSR count). The summed E-state index contributed by atoms with van der Waals surface area (Å²) in [6.45, 7) is 5.50. The maximum atomic E-state index is 13.3. The van der Waals surface area contributed by atoms with Gasteiger partial charge in [-0.3, -0.25) is 0 Å². The maximum absolute atomic E-state index is 13.3. The topological polar surface area (TPSA) is 45.2 Å². The smallest absolute Gasteiger partial charge is 0.128 e. The second-order valence-electron chi connectivity index (χ2n) is 5.51. The Balaban J connectivity index is 1.85. The first-order valence-corrected chi connectivity index (χ1v) is 7.92. The molecule has 0 aliphatic carbocycles. The molecule has 1 aromatic carbocycles. The summed E-state index contributed by atoms with van der Waals surface area (Å²) in [4.78, 5) is 5.62. The molecule has 0 saturated carbocycles. The molecule has 0 aliphatic rings. The zero-order valence-electron chi connectivity index (χ0n) is 12.4. The van der Waals surface area contributed by atoms with Gasteiger partial charge in [0.25, 0.3) is 0 Å². The van der Waals surface area contributed by atoms with Crippen LogP contribution in [0, 0.1) is 11.7 Å². The SMILES string of the molecule is CC(C)Cc1ncc(CNCc2ccc(F)c(CO)c2)s1. The van der Waals surface area contributed by atoms with Gasteiger partial charge in [-0.2, -0.15) is 0 Å². The van der Waals surface area contributed by atoms with Gasteiger partial charge in [0.2, 0.25) is 0 Å². The van der Waals surface area contributed by atoms with E-state index in [1.54, 1.807) is 23.5 Å². The summed E-state index contributed by atoms with van der Waals surface area (Å²) in [5.74, 6) is 0.259. The highest BCUT2D eigenvalue weighted by Gasteiger charge is 2.05. The number of hydrogen-bond acceptors (Lipinski definition) is 4.